The van der Waals surface area contributed by atoms with Gasteiger partial charge in [-0.15, -0.1) is 0 Å². The molecule has 0 saturated carbocycles. The maximum Gasteiger partial charge on any atom is 0.264 e. The summed E-state index contributed by atoms with van der Waals surface area (Å²) in [4.78, 5) is 28.9. The van der Waals surface area contributed by atoms with Crippen LogP contribution in [0.15, 0.2) is 77.7 Å². The molecule has 0 saturated heterocycles. The number of anilines is 1. The highest BCUT2D eigenvalue weighted by atomic mass is 32.2. The molecule has 0 spiro atoms. The third-order valence-electron chi connectivity index (χ3n) is 6.63. The van der Waals surface area contributed by atoms with Crippen molar-refractivity contribution < 1.29 is 27.5 Å². The lowest BCUT2D eigenvalue weighted by atomic mass is 10.1. The molecule has 2 amide bonds. The van der Waals surface area contributed by atoms with Crippen LogP contribution in [0.4, 0.5) is 5.69 Å². The second-order valence-corrected chi connectivity index (χ2v) is 12.1. The van der Waals surface area contributed by atoms with Gasteiger partial charge in [0, 0.05) is 12.6 Å². The highest BCUT2D eigenvalue weighted by Crippen LogP contribution is 2.27. The number of rotatable bonds is 14. The Bertz CT molecular complexity index is 1440. The average molecular weight is 596 g/mol. The van der Waals surface area contributed by atoms with E-state index < -0.39 is 28.5 Å². The summed E-state index contributed by atoms with van der Waals surface area (Å²) in [5, 5.41) is 2.90. The number of nitrogens with one attached hydrogen (secondary N) is 1. The average Bonchev–Trinajstić information content (AvgIpc) is 2.96. The predicted octanol–water partition coefficient (Wildman–Crippen LogP) is 4.93. The first kappa shape index (κ1) is 32.5. The van der Waals surface area contributed by atoms with E-state index in [9.17, 15) is 18.0 Å². The summed E-state index contributed by atoms with van der Waals surface area (Å²) in [5.41, 5.74) is 1.95. The molecule has 9 nitrogen and oxygen atoms in total. The molecule has 0 aliphatic heterocycles. The maximum absolute atomic E-state index is 14.2. The predicted molar refractivity (Wildman–Crippen MR) is 164 cm³/mol. The molecular formula is C32H41N3O6S. The number of methoxy groups -OCH3 is 1. The fraction of sp³-hybridized carbons (Fsp3) is 0.375. The summed E-state index contributed by atoms with van der Waals surface area (Å²) in [7, 11) is -2.60. The van der Waals surface area contributed by atoms with Gasteiger partial charge in [-0.1, -0.05) is 36.8 Å². The van der Waals surface area contributed by atoms with E-state index in [1.165, 1.54) is 17.0 Å². The summed E-state index contributed by atoms with van der Waals surface area (Å²) in [6.07, 6.45) is 0.335. The van der Waals surface area contributed by atoms with Crippen LogP contribution in [0.2, 0.25) is 0 Å². The van der Waals surface area contributed by atoms with Crippen LogP contribution >= 0.6 is 0 Å². The van der Waals surface area contributed by atoms with Gasteiger partial charge in [0.05, 0.1) is 24.3 Å². The molecule has 0 heterocycles. The number of carbonyl (C=O) groups is 2. The number of nitrogens with zero attached hydrogens (tertiary/aromatic N) is 2. The molecule has 3 rings (SSSR count). The van der Waals surface area contributed by atoms with Crippen LogP contribution in [0.5, 0.6) is 11.5 Å². The largest absolute Gasteiger partial charge is 0.497 e. The monoisotopic (exact) mass is 595 g/mol. The number of ether oxygens (including phenoxy) is 2. The molecule has 3 aromatic rings. The summed E-state index contributed by atoms with van der Waals surface area (Å²) in [6, 6.07) is 19.3. The third-order valence-corrected chi connectivity index (χ3v) is 8.42. The molecule has 0 radical (unpaired) electrons. The fourth-order valence-electron chi connectivity index (χ4n) is 4.51. The van der Waals surface area contributed by atoms with Gasteiger partial charge in [0.25, 0.3) is 10.0 Å². The Morgan fingerprint density at radius 3 is 2.17 bits per heavy atom. The van der Waals surface area contributed by atoms with Crippen molar-refractivity contribution >= 4 is 27.5 Å². The molecule has 42 heavy (non-hydrogen) atoms. The van der Waals surface area contributed by atoms with Gasteiger partial charge < -0.3 is 19.7 Å². The smallest absolute Gasteiger partial charge is 0.264 e. The van der Waals surface area contributed by atoms with E-state index in [2.05, 4.69) is 5.32 Å². The number of carbonyl (C=O) groups excluding carboxylic acids is 2. The normalized spacial score (nSPS) is 12.0. The van der Waals surface area contributed by atoms with E-state index in [4.69, 9.17) is 9.47 Å². The zero-order valence-corrected chi connectivity index (χ0v) is 26.0. The van der Waals surface area contributed by atoms with Crippen molar-refractivity contribution in [2.75, 3.05) is 24.6 Å². The highest BCUT2D eigenvalue weighted by molar-refractivity contribution is 7.92. The van der Waals surface area contributed by atoms with Gasteiger partial charge in [0.1, 0.15) is 24.1 Å². The van der Waals surface area contributed by atoms with E-state index in [0.717, 1.165) is 15.4 Å². The Morgan fingerprint density at radius 2 is 1.60 bits per heavy atom. The van der Waals surface area contributed by atoms with Crippen molar-refractivity contribution in [3.63, 3.8) is 0 Å². The number of amides is 2. The van der Waals surface area contributed by atoms with Gasteiger partial charge in [-0.25, -0.2) is 8.42 Å². The highest BCUT2D eigenvalue weighted by Gasteiger charge is 2.34. The summed E-state index contributed by atoms with van der Waals surface area (Å²) < 4.78 is 40.0. The van der Waals surface area contributed by atoms with E-state index in [1.54, 1.807) is 61.7 Å². The number of aryl methyl sites for hydroxylation is 1. The second-order valence-electron chi connectivity index (χ2n) is 10.2. The molecule has 0 unspecified atom stereocenters. The maximum atomic E-state index is 14.2. The SMILES string of the molecule is CCOc1ccc(N(CC(=O)N(Cc2cccc(OC)c2)[C@H](CC)C(=O)NC(C)C)S(=O)(=O)c2ccc(C)cc2)cc1. The van der Waals surface area contributed by atoms with Crippen LogP contribution in [-0.4, -0.2) is 57.5 Å². The number of sulfonamides is 1. The molecule has 1 atom stereocenters. The number of benzene rings is 3. The van der Waals surface area contributed by atoms with Crippen LogP contribution in [-0.2, 0) is 26.2 Å². The van der Waals surface area contributed by atoms with Gasteiger partial charge in [-0.2, -0.15) is 0 Å². The molecule has 0 aromatic heterocycles. The topological polar surface area (TPSA) is 105 Å². The van der Waals surface area contributed by atoms with E-state index in [-0.39, 0.29) is 23.4 Å². The molecule has 226 valence electrons. The molecule has 3 aromatic carbocycles. The zero-order chi connectivity index (χ0) is 30.9. The van der Waals surface area contributed by atoms with Crippen molar-refractivity contribution in [1.29, 1.82) is 0 Å². The van der Waals surface area contributed by atoms with Gasteiger partial charge >= 0.3 is 0 Å². The Hall–Kier alpha value is -4.05. The van der Waals surface area contributed by atoms with Crippen LogP contribution in [0.25, 0.3) is 0 Å². The molecule has 0 bridgehead atoms. The lowest BCUT2D eigenvalue weighted by Crippen LogP contribution is -2.53. The minimum absolute atomic E-state index is 0.0544. The van der Waals surface area contributed by atoms with Crippen LogP contribution in [0.3, 0.4) is 0 Å². The number of hydrogen-bond acceptors (Lipinski definition) is 6. The van der Waals surface area contributed by atoms with Gasteiger partial charge in [0.15, 0.2) is 0 Å². The molecule has 1 N–H and O–H groups in total. The second kappa shape index (κ2) is 14.7. The van der Waals surface area contributed by atoms with Gasteiger partial charge in [0.2, 0.25) is 11.8 Å². The van der Waals surface area contributed by atoms with Crippen molar-refractivity contribution in [1.82, 2.24) is 10.2 Å². The standard InChI is InChI=1S/C32H41N3O6S/c1-7-30(32(37)33-23(3)4)34(21-25-10-9-11-28(20-25)40-6)31(36)22-35(26-14-16-27(17-15-26)41-8-2)42(38,39)29-18-12-24(5)13-19-29/h9-20,23,30H,7-8,21-22H2,1-6H3,(H,33,37)/t30-/m1/s1. The van der Waals surface area contributed by atoms with Crippen LogP contribution in [0, 0.1) is 6.92 Å². The van der Waals surface area contributed by atoms with Crippen LogP contribution < -0.4 is 19.1 Å². The van der Waals surface area contributed by atoms with E-state index in [0.29, 0.717) is 30.2 Å². The third kappa shape index (κ3) is 8.25. The molecule has 10 heteroatoms. The Kier molecular flexibility index (Phi) is 11.4. The summed E-state index contributed by atoms with van der Waals surface area (Å²) in [6.45, 7) is 9.27. The minimum Gasteiger partial charge on any atom is -0.497 e. The summed E-state index contributed by atoms with van der Waals surface area (Å²) in [5.74, 6) is 0.361. The van der Waals surface area contributed by atoms with Gasteiger partial charge in [-0.3, -0.25) is 13.9 Å². The quantitative estimate of drug-likeness (QED) is 0.283. The van der Waals surface area contributed by atoms with Crippen molar-refractivity contribution in [2.45, 2.75) is 64.6 Å². The first-order chi connectivity index (χ1) is 20.0. The lowest BCUT2D eigenvalue weighted by molar-refractivity contribution is -0.140. The Balaban J connectivity index is 2.07. The molecule has 0 aliphatic rings. The molecular weight excluding hydrogens is 554 g/mol. The van der Waals surface area contributed by atoms with Crippen molar-refractivity contribution in [3.8, 4) is 11.5 Å². The van der Waals surface area contributed by atoms with Crippen LogP contribution in [0.1, 0.15) is 45.2 Å². The number of hydrogen-bond donors (Lipinski definition) is 1. The van der Waals surface area contributed by atoms with E-state index >= 15 is 0 Å². The fourth-order valence-corrected chi connectivity index (χ4v) is 5.92. The Labute approximate surface area is 249 Å². The Morgan fingerprint density at radius 1 is 0.929 bits per heavy atom. The first-order valence-corrected chi connectivity index (χ1v) is 15.5. The summed E-state index contributed by atoms with van der Waals surface area (Å²) >= 11 is 0. The molecule has 0 fully saturated rings. The van der Waals surface area contributed by atoms with Crippen molar-refractivity contribution in [2.24, 2.45) is 0 Å². The first-order valence-electron chi connectivity index (χ1n) is 14.0. The lowest BCUT2D eigenvalue weighted by Gasteiger charge is -2.33. The van der Waals surface area contributed by atoms with E-state index in [1.807, 2.05) is 40.7 Å². The van der Waals surface area contributed by atoms with Crippen molar-refractivity contribution in [3.05, 3.63) is 83.9 Å². The minimum atomic E-state index is -4.16. The zero-order valence-electron chi connectivity index (χ0n) is 25.2. The van der Waals surface area contributed by atoms with Gasteiger partial charge in [-0.05, 0) is 88.2 Å². The molecule has 0 aliphatic carbocycles.